The molecule has 18 heavy (non-hydrogen) atoms. The lowest BCUT2D eigenvalue weighted by Crippen LogP contribution is -2.01. The van der Waals surface area contributed by atoms with Gasteiger partial charge in [0, 0.05) is 4.47 Å². The Morgan fingerprint density at radius 2 is 1.89 bits per heavy atom. The first-order valence-electron chi connectivity index (χ1n) is 6.00. The second-order valence-electron chi connectivity index (χ2n) is 4.33. The third-order valence-electron chi connectivity index (χ3n) is 2.61. The van der Waals surface area contributed by atoms with E-state index in [1.807, 2.05) is 19.1 Å². The Bertz CT molecular complexity index is 407. The van der Waals surface area contributed by atoms with Gasteiger partial charge >= 0.3 is 0 Å². The number of aryl methyl sites for hydroxylation is 2. The summed E-state index contributed by atoms with van der Waals surface area (Å²) in [6.07, 6.45) is 1.83. The van der Waals surface area contributed by atoms with Crippen molar-refractivity contribution in [2.75, 3.05) is 13.7 Å². The average molecular weight is 314 g/mol. The van der Waals surface area contributed by atoms with Crippen LogP contribution in [0.1, 0.15) is 30.9 Å². The number of benzene rings is 1. The number of ether oxygens (including phenoxy) is 1. The molecule has 0 aromatic heterocycles. The number of oxime groups is 1. The van der Waals surface area contributed by atoms with Gasteiger partial charge in [-0.3, -0.25) is 0 Å². The molecule has 0 spiro atoms. The van der Waals surface area contributed by atoms with Crippen molar-refractivity contribution >= 4 is 21.6 Å². The Morgan fingerprint density at radius 3 is 2.44 bits per heavy atom. The summed E-state index contributed by atoms with van der Waals surface area (Å²) in [7, 11) is 1.56. The van der Waals surface area contributed by atoms with Crippen LogP contribution in [-0.4, -0.2) is 19.4 Å². The molecule has 1 rings (SSSR count). The van der Waals surface area contributed by atoms with Crippen molar-refractivity contribution in [2.45, 2.75) is 33.6 Å². The first-order valence-corrected chi connectivity index (χ1v) is 6.80. The van der Waals surface area contributed by atoms with E-state index in [9.17, 15) is 0 Å². The highest BCUT2D eigenvalue weighted by Gasteiger charge is 2.03. The number of nitrogens with zero attached hydrogens (tertiary/aromatic N) is 1. The maximum atomic E-state index is 5.73. The summed E-state index contributed by atoms with van der Waals surface area (Å²) in [6, 6.07) is 4.10. The molecule has 0 heterocycles. The van der Waals surface area contributed by atoms with E-state index in [2.05, 4.69) is 34.9 Å². The van der Waals surface area contributed by atoms with E-state index in [1.54, 1.807) is 7.11 Å². The maximum Gasteiger partial charge on any atom is 0.119 e. The minimum absolute atomic E-state index is 0.692. The van der Waals surface area contributed by atoms with Crippen molar-refractivity contribution in [1.29, 1.82) is 0 Å². The molecular formula is C14H20BrNO2. The SMILES string of the molecule is CO/N=C(\C)CCCOc1cc(C)c(Br)c(C)c1. The smallest absolute Gasteiger partial charge is 0.119 e. The molecule has 0 aliphatic carbocycles. The molecule has 0 saturated heterocycles. The molecule has 0 aliphatic rings. The molecule has 0 bridgehead atoms. The fraction of sp³-hybridized carbons (Fsp3) is 0.500. The fourth-order valence-electron chi connectivity index (χ4n) is 1.71. The van der Waals surface area contributed by atoms with Gasteiger partial charge in [0.05, 0.1) is 12.3 Å². The Hall–Kier alpha value is -1.03. The highest BCUT2D eigenvalue weighted by molar-refractivity contribution is 9.10. The van der Waals surface area contributed by atoms with Crippen molar-refractivity contribution in [3.8, 4) is 5.75 Å². The fourth-order valence-corrected chi connectivity index (χ4v) is 1.94. The Labute approximate surface area is 117 Å². The molecule has 3 nitrogen and oxygen atoms in total. The van der Waals surface area contributed by atoms with Gasteiger partial charge in [-0.15, -0.1) is 0 Å². The van der Waals surface area contributed by atoms with Crippen molar-refractivity contribution in [3.05, 3.63) is 27.7 Å². The summed E-state index contributed by atoms with van der Waals surface area (Å²) in [5, 5.41) is 3.86. The van der Waals surface area contributed by atoms with E-state index in [-0.39, 0.29) is 0 Å². The zero-order valence-electron chi connectivity index (χ0n) is 11.4. The van der Waals surface area contributed by atoms with Gasteiger partial charge in [-0.25, -0.2) is 0 Å². The Morgan fingerprint density at radius 1 is 1.28 bits per heavy atom. The van der Waals surface area contributed by atoms with Crippen LogP contribution in [0.15, 0.2) is 21.8 Å². The van der Waals surface area contributed by atoms with E-state index >= 15 is 0 Å². The first-order chi connectivity index (χ1) is 8.54. The number of hydrogen-bond donors (Lipinski definition) is 0. The van der Waals surface area contributed by atoms with Gasteiger partial charge in [-0.1, -0.05) is 21.1 Å². The van der Waals surface area contributed by atoms with Crippen LogP contribution in [0, 0.1) is 13.8 Å². The van der Waals surface area contributed by atoms with E-state index in [0.29, 0.717) is 6.61 Å². The van der Waals surface area contributed by atoms with Gasteiger partial charge in [0.1, 0.15) is 12.9 Å². The van der Waals surface area contributed by atoms with Gasteiger partial charge in [0.15, 0.2) is 0 Å². The minimum Gasteiger partial charge on any atom is -0.494 e. The monoisotopic (exact) mass is 313 g/mol. The van der Waals surface area contributed by atoms with Gasteiger partial charge in [-0.2, -0.15) is 0 Å². The van der Waals surface area contributed by atoms with Crippen LogP contribution < -0.4 is 4.74 Å². The zero-order chi connectivity index (χ0) is 13.5. The molecule has 1 aromatic carbocycles. The Balaban J connectivity index is 2.43. The second-order valence-corrected chi connectivity index (χ2v) is 5.13. The topological polar surface area (TPSA) is 30.8 Å². The van der Waals surface area contributed by atoms with Gasteiger partial charge < -0.3 is 9.57 Å². The lowest BCUT2D eigenvalue weighted by molar-refractivity contribution is 0.212. The highest BCUT2D eigenvalue weighted by atomic mass is 79.9. The molecule has 1 aromatic rings. The summed E-state index contributed by atoms with van der Waals surface area (Å²) in [5.74, 6) is 0.925. The molecule has 100 valence electrons. The van der Waals surface area contributed by atoms with Crippen molar-refractivity contribution in [1.82, 2.24) is 0 Å². The third-order valence-corrected chi connectivity index (χ3v) is 3.86. The minimum atomic E-state index is 0.692. The largest absolute Gasteiger partial charge is 0.494 e. The van der Waals surface area contributed by atoms with Gasteiger partial charge in [-0.05, 0) is 56.9 Å². The van der Waals surface area contributed by atoms with E-state index in [0.717, 1.165) is 28.8 Å². The van der Waals surface area contributed by atoms with E-state index < -0.39 is 0 Å². The molecule has 0 fully saturated rings. The van der Waals surface area contributed by atoms with Crippen LogP contribution >= 0.6 is 15.9 Å². The van der Waals surface area contributed by atoms with E-state index in [4.69, 9.17) is 9.57 Å². The number of hydrogen-bond acceptors (Lipinski definition) is 3. The van der Waals surface area contributed by atoms with Crippen LogP contribution in [0.3, 0.4) is 0 Å². The second kappa shape index (κ2) is 7.41. The maximum absolute atomic E-state index is 5.73. The summed E-state index contributed by atoms with van der Waals surface area (Å²) in [5.41, 5.74) is 3.38. The molecular weight excluding hydrogens is 294 g/mol. The van der Waals surface area contributed by atoms with Crippen LogP contribution in [0.4, 0.5) is 0 Å². The van der Waals surface area contributed by atoms with Gasteiger partial charge in [0.2, 0.25) is 0 Å². The molecule has 0 amide bonds. The van der Waals surface area contributed by atoms with Crippen LogP contribution in [0.5, 0.6) is 5.75 Å². The summed E-state index contributed by atoms with van der Waals surface area (Å²) >= 11 is 3.55. The van der Waals surface area contributed by atoms with Gasteiger partial charge in [0.25, 0.3) is 0 Å². The Kier molecular flexibility index (Phi) is 6.19. The quantitative estimate of drug-likeness (QED) is 0.446. The standard InChI is InChI=1S/C14H20BrNO2/c1-10-8-13(9-11(2)14(10)15)18-7-5-6-12(3)16-17-4/h8-9H,5-7H2,1-4H3/b16-12+. The van der Waals surface area contributed by atoms with E-state index in [1.165, 1.54) is 11.1 Å². The van der Waals surface area contributed by atoms with Crippen molar-refractivity contribution in [2.24, 2.45) is 5.16 Å². The first kappa shape index (κ1) is 15.0. The van der Waals surface area contributed by atoms with Crippen molar-refractivity contribution in [3.63, 3.8) is 0 Å². The summed E-state index contributed by atoms with van der Waals surface area (Å²) in [6.45, 7) is 6.78. The summed E-state index contributed by atoms with van der Waals surface area (Å²) < 4.78 is 6.89. The lowest BCUT2D eigenvalue weighted by Gasteiger charge is -2.10. The molecule has 0 radical (unpaired) electrons. The number of halogens is 1. The average Bonchev–Trinajstić information content (AvgIpc) is 2.32. The third kappa shape index (κ3) is 4.69. The molecule has 0 saturated carbocycles. The predicted octanol–water partition coefficient (Wildman–Crippen LogP) is 4.25. The predicted molar refractivity (Wildman–Crippen MR) is 78.5 cm³/mol. The van der Waals surface area contributed by atoms with Crippen LogP contribution in [0.25, 0.3) is 0 Å². The highest BCUT2D eigenvalue weighted by Crippen LogP contribution is 2.26. The molecule has 4 heteroatoms. The molecule has 0 N–H and O–H groups in total. The van der Waals surface area contributed by atoms with Crippen LogP contribution in [0.2, 0.25) is 0 Å². The molecule has 0 aliphatic heterocycles. The number of rotatable bonds is 6. The molecule has 0 atom stereocenters. The van der Waals surface area contributed by atoms with Crippen molar-refractivity contribution < 1.29 is 9.57 Å². The lowest BCUT2D eigenvalue weighted by atomic mass is 10.1. The summed E-state index contributed by atoms with van der Waals surface area (Å²) in [4.78, 5) is 4.71. The molecule has 0 unspecified atom stereocenters. The van der Waals surface area contributed by atoms with Crippen LogP contribution in [-0.2, 0) is 4.84 Å². The normalized spacial score (nSPS) is 11.5. The zero-order valence-corrected chi connectivity index (χ0v) is 13.0.